The van der Waals surface area contributed by atoms with E-state index in [4.69, 9.17) is 0 Å². The summed E-state index contributed by atoms with van der Waals surface area (Å²) in [4.78, 5) is 4.26. The number of rotatable bonds is 3. The van der Waals surface area contributed by atoms with Gasteiger partial charge in [-0.15, -0.1) is 0 Å². The van der Waals surface area contributed by atoms with E-state index in [2.05, 4.69) is 20.7 Å². The summed E-state index contributed by atoms with van der Waals surface area (Å²) in [5, 5.41) is 11.5. The summed E-state index contributed by atoms with van der Waals surface area (Å²) in [6.07, 6.45) is 5.76. The van der Waals surface area contributed by atoms with Crippen molar-refractivity contribution < 1.29 is 0 Å². The average Bonchev–Trinajstić information content (AvgIpc) is 2.89. The molecule has 1 saturated carbocycles. The molecule has 5 heteroatoms. The van der Waals surface area contributed by atoms with Gasteiger partial charge in [-0.25, -0.2) is 4.98 Å². The van der Waals surface area contributed by atoms with Crippen LogP contribution in [-0.4, -0.2) is 33.4 Å². The van der Waals surface area contributed by atoms with Crippen LogP contribution in [0.3, 0.4) is 0 Å². The lowest BCUT2D eigenvalue weighted by atomic mass is 9.90. The first-order valence-corrected chi connectivity index (χ1v) is 6.09. The summed E-state index contributed by atoms with van der Waals surface area (Å²) in [5.41, 5.74) is 0.319. The average molecular weight is 221 g/mol. The molecule has 0 bridgehead atoms. The maximum atomic E-state index is 4.31. The van der Waals surface area contributed by atoms with Crippen molar-refractivity contribution in [3.8, 4) is 0 Å². The second kappa shape index (κ2) is 3.82. The van der Waals surface area contributed by atoms with Gasteiger partial charge in [0.2, 0.25) is 0 Å². The van der Waals surface area contributed by atoms with Gasteiger partial charge in [0.1, 0.15) is 6.33 Å². The number of hydrogen-bond acceptors (Lipinski definition) is 4. The minimum atomic E-state index is 0.319. The summed E-state index contributed by atoms with van der Waals surface area (Å²) in [6, 6.07) is 0. The molecule has 0 aromatic carbocycles. The molecule has 1 aromatic rings. The van der Waals surface area contributed by atoms with Crippen molar-refractivity contribution in [2.75, 3.05) is 13.1 Å². The number of aryl methyl sites for hydroxylation is 1. The number of nitrogens with zero attached hydrogens (tertiary/aromatic N) is 3. The number of aromatic nitrogens is 3. The summed E-state index contributed by atoms with van der Waals surface area (Å²) in [5.74, 6) is 1.70. The van der Waals surface area contributed by atoms with Gasteiger partial charge in [0, 0.05) is 19.1 Å². The zero-order valence-corrected chi connectivity index (χ0v) is 9.74. The van der Waals surface area contributed by atoms with E-state index in [9.17, 15) is 0 Å². The molecule has 1 aliphatic carbocycles. The first kappa shape index (κ1) is 10.2. The van der Waals surface area contributed by atoms with Crippen molar-refractivity contribution in [3.05, 3.63) is 12.2 Å². The molecule has 0 unspecified atom stereocenters. The van der Waals surface area contributed by atoms with E-state index in [1.165, 1.54) is 25.8 Å². The third kappa shape index (κ3) is 1.64. The van der Waals surface area contributed by atoms with Crippen LogP contribution in [-0.2, 0) is 13.6 Å². The van der Waals surface area contributed by atoms with Crippen LogP contribution in [0.2, 0.25) is 0 Å². The normalized spacial score (nSPS) is 33.2. The highest BCUT2D eigenvalue weighted by atomic mass is 15.3. The van der Waals surface area contributed by atoms with E-state index in [1.807, 2.05) is 7.05 Å². The number of fused-ring (bicyclic) bond motifs is 1. The Balaban J connectivity index is 1.66. The molecule has 0 spiro atoms. The topological polar surface area (TPSA) is 54.8 Å². The molecule has 16 heavy (non-hydrogen) atoms. The van der Waals surface area contributed by atoms with Gasteiger partial charge in [0.05, 0.1) is 6.54 Å². The highest BCUT2D eigenvalue weighted by Crippen LogP contribution is 2.38. The van der Waals surface area contributed by atoms with Crippen molar-refractivity contribution in [3.63, 3.8) is 0 Å². The quantitative estimate of drug-likeness (QED) is 0.757. The van der Waals surface area contributed by atoms with Gasteiger partial charge >= 0.3 is 0 Å². The first-order valence-electron chi connectivity index (χ1n) is 6.09. The molecular weight excluding hydrogens is 202 g/mol. The monoisotopic (exact) mass is 221 g/mol. The molecule has 1 aliphatic heterocycles. The number of nitrogens with one attached hydrogen (secondary N) is 2. The van der Waals surface area contributed by atoms with E-state index >= 15 is 0 Å². The summed E-state index contributed by atoms with van der Waals surface area (Å²) < 4.78 is 1.76. The Kier molecular flexibility index (Phi) is 2.44. The second-order valence-electron chi connectivity index (χ2n) is 5.06. The number of hydrogen-bond donors (Lipinski definition) is 2. The van der Waals surface area contributed by atoms with Crippen molar-refractivity contribution >= 4 is 0 Å². The van der Waals surface area contributed by atoms with E-state index < -0.39 is 0 Å². The SMILES string of the molecule is Cn1cnc(CN[C@]23CCC[C@H]2CNC3)n1. The van der Waals surface area contributed by atoms with Crippen LogP contribution in [0.4, 0.5) is 0 Å². The highest BCUT2D eigenvalue weighted by molar-refractivity contribution is 5.06. The van der Waals surface area contributed by atoms with Crippen LogP contribution in [0.15, 0.2) is 6.33 Å². The Hall–Kier alpha value is -0.940. The fourth-order valence-corrected chi connectivity index (χ4v) is 3.16. The van der Waals surface area contributed by atoms with Crippen LogP contribution >= 0.6 is 0 Å². The Morgan fingerprint density at radius 3 is 3.44 bits per heavy atom. The van der Waals surface area contributed by atoms with Gasteiger partial charge in [-0.05, 0) is 25.3 Å². The van der Waals surface area contributed by atoms with Crippen LogP contribution in [0, 0.1) is 5.92 Å². The van der Waals surface area contributed by atoms with Gasteiger partial charge in [0.15, 0.2) is 5.82 Å². The summed E-state index contributed by atoms with van der Waals surface area (Å²) >= 11 is 0. The van der Waals surface area contributed by atoms with Gasteiger partial charge in [-0.2, -0.15) is 5.10 Å². The molecular formula is C11H19N5. The van der Waals surface area contributed by atoms with Crippen LogP contribution in [0.5, 0.6) is 0 Å². The largest absolute Gasteiger partial charge is 0.315 e. The van der Waals surface area contributed by atoms with Crippen LogP contribution in [0.25, 0.3) is 0 Å². The molecule has 2 atom stereocenters. The van der Waals surface area contributed by atoms with Gasteiger partial charge in [-0.1, -0.05) is 6.42 Å². The van der Waals surface area contributed by atoms with E-state index in [0.717, 1.165) is 24.8 Å². The molecule has 3 rings (SSSR count). The Morgan fingerprint density at radius 2 is 2.62 bits per heavy atom. The zero-order valence-electron chi connectivity index (χ0n) is 9.74. The molecule has 88 valence electrons. The minimum absolute atomic E-state index is 0.319. The third-order valence-corrected chi connectivity index (χ3v) is 4.03. The van der Waals surface area contributed by atoms with Gasteiger partial charge < -0.3 is 10.6 Å². The van der Waals surface area contributed by atoms with Gasteiger partial charge in [0.25, 0.3) is 0 Å². The fourth-order valence-electron chi connectivity index (χ4n) is 3.16. The van der Waals surface area contributed by atoms with Crippen LogP contribution < -0.4 is 10.6 Å². The van der Waals surface area contributed by atoms with Crippen molar-refractivity contribution in [2.45, 2.75) is 31.3 Å². The van der Waals surface area contributed by atoms with Gasteiger partial charge in [-0.3, -0.25) is 4.68 Å². The molecule has 0 amide bonds. The standard InChI is InChI=1S/C11H19N5/c1-16-8-13-10(15-16)6-14-11-4-2-3-9(11)5-12-7-11/h8-9,12,14H,2-7H2,1H3/t9-,11-/m0/s1. The molecule has 0 radical (unpaired) electrons. The highest BCUT2D eigenvalue weighted by Gasteiger charge is 2.45. The molecule has 2 fully saturated rings. The van der Waals surface area contributed by atoms with Crippen molar-refractivity contribution in [1.29, 1.82) is 0 Å². The molecule has 5 nitrogen and oxygen atoms in total. The van der Waals surface area contributed by atoms with Crippen LogP contribution in [0.1, 0.15) is 25.1 Å². The lowest BCUT2D eigenvalue weighted by Crippen LogP contribution is -2.48. The lowest BCUT2D eigenvalue weighted by Gasteiger charge is -2.29. The lowest BCUT2D eigenvalue weighted by molar-refractivity contribution is 0.301. The van der Waals surface area contributed by atoms with Crippen molar-refractivity contribution in [1.82, 2.24) is 25.4 Å². The van der Waals surface area contributed by atoms with Crippen molar-refractivity contribution in [2.24, 2.45) is 13.0 Å². The fraction of sp³-hybridized carbons (Fsp3) is 0.818. The smallest absolute Gasteiger partial charge is 0.164 e. The zero-order chi connectivity index (χ0) is 11.0. The second-order valence-corrected chi connectivity index (χ2v) is 5.06. The molecule has 2 aliphatic rings. The summed E-state index contributed by atoms with van der Waals surface area (Å²) in [7, 11) is 1.91. The Labute approximate surface area is 95.6 Å². The minimum Gasteiger partial charge on any atom is -0.315 e. The maximum Gasteiger partial charge on any atom is 0.164 e. The Bertz CT molecular complexity index is 362. The predicted octanol–water partition coefficient (Wildman–Crippen LogP) is 0.0468. The van der Waals surface area contributed by atoms with E-state index in [1.54, 1.807) is 11.0 Å². The molecule has 1 saturated heterocycles. The Morgan fingerprint density at radius 1 is 1.69 bits per heavy atom. The first-order chi connectivity index (χ1) is 7.78. The maximum absolute atomic E-state index is 4.31. The third-order valence-electron chi connectivity index (χ3n) is 4.03. The molecule has 2 N–H and O–H groups in total. The van der Waals surface area contributed by atoms with E-state index in [-0.39, 0.29) is 0 Å². The molecule has 1 aromatic heterocycles. The summed E-state index contributed by atoms with van der Waals surface area (Å²) in [6.45, 7) is 3.06. The predicted molar refractivity (Wildman–Crippen MR) is 60.8 cm³/mol. The van der Waals surface area contributed by atoms with E-state index in [0.29, 0.717) is 5.54 Å². The molecule has 2 heterocycles.